The number of alkyl halides is 5. The van der Waals surface area contributed by atoms with E-state index in [4.69, 9.17) is 0 Å². The van der Waals surface area contributed by atoms with E-state index in [1.54, 1.807) is 0 Å². The molecule has 0 N–H and O–H groups in total. The van der Waals surface area contributed by atoms with E-state index in [1.807, 2.05) is 0 Å². The van der Waals surface area contributed by atoms with E-state index in [9.17, 15) is 26.7 Å². The van der Waals surface area contributed by atoms with Crippen LogP contribution in [-0.4, -0.2) is 18.4 Å². The highest BCUT2D eigenvalue weighted by molar-refractivity contribution is 5.79. The number of carbonyl (C=O) groups is 1. The third-order valence-electron chi connectivity index (χ3n) is 1.91. The van der Waals surface area contributed by atoms with E-state index >= 15 is 0 Å². The van der Waals surface area contributed by atoms with Gasteiger partial charge < -0.3 is 4.74 Å². The van der Waals surface area contributed by atoms with Crippen molar-refractivity contribution in [2.24, 2.45) is 0 Å². The first-order chi connectivity index (χ1) is 7.82. The lowest BCUT2D eigenvalue weighted by atomic mass is 10.1. The van der Waals surface area contributed by atoms with Crippen LogP contribution in [0.1, 0.15) is 28.0 Å². The average molecular weight is 255 g/mol. The first kappa shape index (κ1) is 13.3. The third kappa shape index (κ3) is 2.51. The van der Waals surface area contributed by atoms with Gasteiger partial charge in [-0.25, -0.2) is 8.78 Å². The minimum atomic E-state index is -4.98. The molecule has 0 spiro atoms. The van der Waals surface area contributed by atoms with Gasteiger partial charge in [-0.2, -0.15) is 13.2 Å². The largest absolute Gasteiger partial charge is 0.494 e. The zero-order chi connectivity index (χ0) is 13.2. The molecule has 0 aliphatic rings. The second-order valence-corrected chi connectivity index (χ2v) is 2.92. The number of halogens is 5. The van der Waals surface area contributed by atoms with Gasteiger partial charge in [0.25, 0.3) is 6.43 Å². The molecular weight excluding hydrogens is 249 g/mol. The van der Waals surface area contributed by atoms with Crippen LogP contribution in [0, 0.1) is 0 Å². The fraction of sp³-hybridized carbons (Fsp3) is 0.333. The van der Waals surface area contributed by atoms with Crippen molar-refractivity contribution in [3.05, 3.63) is 23.0 Å². The van der Waals surface area contributed by atoms with Crippen LogP contribution in [0.4, 0.5) is 22.0 Å². The molecule has 0 radical (unpaired) electrons. The van der Waals surface area contributed by atoms with E-state index in [2.05, 4.69) is 9.72 Å². The van der Waals surface area contributed by atoms with Crippen LogP contribution in [0.3, 0.4) is 0 Å². The molecule has 1 aromatic heterocycles. The maximum Gasteiger partial charge on any atom is 0.420 e. The van der Waals surface area contributed by atoms with Crippen LogP contribution >= 0.6 is 0 Å². The van der Waals surface area contributed by atoms with Gasteiger partial charge in [-0.1, -0.05) is 0 Å². The summed E-state index contributed by atoms with van der Waals surface area (Å²) in [5, 5.41) is 0. The molecule has 0 saturated carbocycles. The molecule has 0 amide bonds. The Morgan fingerprint density at radius 3 is 2.35 bits per heavy atom. The Morgan fingerprint density at radius 1 is 1.41 bits per heavy atom. The zero-order valence-electron chi connectivity index (χ0n) is 8.39. The Bertz CT molecular complexity index is 430. The molecule has 0 saturated heterocycles. The maximum atomic E-state index is 12.6. The second-order valence-electron chi connectivity index (χ2n) is 2.92. The maximum absolute atomic E-state index is 12.6. The first-order valence-electron chi connectivity index (χ1n) is 4.20. The molecule has 0 aliphatic heterocycles. The number of hydrogen-bond donors (Lipinski definition) is 0. The van der Waals surface area contributed by atoms with Crippen molar-refractivity contribution in [3.8, 4) is 5.75 Å². The Morgan fingerprint density at radius 2 is 2.00 bits per heavy atom. The van der Waals surface area contributed by atoms with Crippen molar-refractivity contribution in [1.29, 1.82) is 0 Å². The molecule has 1 aromatic rings. The molecular formula is C9H6F5NO2. The lowest BCUT2D eigenvalue weighted by Crippen LogP contribution is -2.14. The predicted octanol–water partition coefficient (Wildman–Crippen LogP) is 2.86. The highest BCUT2D eigenvalue weighted by Crippen LogP contribution is 2.41. The molecule has 0 aliphatic carbocycles. The zero-order valence-corrected chi connectivity index (χ0v) is 8.39. The third-order valence-corrected chi connectivity index (χ3v) is 1.91. The number of methoxy groups -OCH3 is 1. The molecule has 0 aromatic carbocycles. The molecule has 1 rings (SSSR count). The summed E-state index contributed by atoms with van der Waals surface area (Å²) in [4.78, 5) is 13.5. The molecule has 0 bridgehead atoms. The molecule has 0 atom stereocenters. The molecule has 17 heavy (non-hydrogen) atoms. The van der Waals surface area contributed by atoms with Crippen molar-refractivity contribution in [2.45, 2.75) is 12.6 Å². The van der Waals surface area contributed by atoms with Gasteiger partial charge in [0.15, 0.2) is 12.0 Å². The molecule has 0 fully saturated rings. The minimum Gasteiger partial charge on any atom is -0.494 e. The molecule has 8 heteroatoms. The van der Waals surface area contributed by atoms with Crippen LogP contribution in [-0.2, 0) is 6.18 Å². The molecule has 3 nitrogen and oxygen atoms in total. The van der Waals surface area contributed by atoms with Gasteiger partial charge in [-0.15, -0.1) is 0 Å². The average Bonchev–Trinajstić information content (AvgIpc) is 2.25. The van der Waals surface area contributed by atoms with Crippen LogP contribution in [0.25, 0.3) is 0 Å². The molecule has 0 unspecified atom stereocenters. The van der Waals surface area contributed by atoms with E-state index in [1.165, 1.54) is 0 Å². The quantitative estimate of drug-likeness (QED) is 0.615. The fourth-order valence-electron chi connectivity index (χ4n) is 1.27. The van der Waals surface area contributed by atoms with Crippen LogP contribution in [0.5, 0.6) is 5.75 Å². The van der Waals surface area contributed by atoms with Gasteiger partial charge in [0.1, 0.15) is 11.3 Å². The Kier molecular flexibility index (Phi) is 3.64. The number of ether oxygens (including phenoxy) is 1. The first-order valence-corrected chi connectivity index (χ1v) is 4.20. The van der Waals surface area contributed by atoms with E-state index in [-0.39, 0.29) is 6.29 Å². The van der Waals surface area contributed by atoms with Crippen molar-refractivity contribution in [1.82, 2.24) is 4.98 Å². The summed E-state index contributed by atoms with van der Waals surface area (Å²) in [5.74, 6) is -1.13. The number of carbonyl (C=O) groups excluding carboxylic acids is 1. The standard InChI is InChI=1S/C9H6F5NO2/c1-17-7-5(9(12,13)14)4(3-16)2-15-6(7)8(10)11/h2-3,8H,1H3. The van der Waals surface area contributed by atoms with E-state index in [0.29, 0.717) is 6.20 Å². The Labute approximate surface area is 92.2 Å². The van der Waals surface area contributed by atoms with Crippen molar-refractivity contribution < 1.29 is 31.5 Å². The Hall–Kier alpha value is -1.73. The van der Waals surface area contributed by atoms with Gasteiger partial charge in [0, 0.05) is 11.8 Å². The lowest BCUT2D eigenvalue weighted by Gasteiger charge is -2.16. The highest BCUT2D eigenvalue weighted by Gasteiger charge is 2.40. The number of hydrogen-bond acceptors (Lipinski definition) is 3. The van der Waals surface area contributed by atoms with Gasteiger partial charge in [-0.05, 0) is 0 Å². The number of pyridine rings is 1. The molecule has 1 heterocycles. The SMILES string of the molecule is COc1c(C(F)F)ncc(C=O)c1C(F)(F)F. The summed E-state index contributed by atoms with van der Waals surface area (Å²) in [6.07, 6.45) is -7.88. The van der Waals surface area contributed by atoms with E-state index < -0.39 is 35.2 Å². The minimum absolute atomic E-state index is 0.117. The number of rotatable bonds is 3. The summed E-state index contributed by atoms with van der Waals surface area (Å²) in [7, 11) is 0.798. The summed E-state index contributed by atoms with van der Waals surface area (Å²) in [5.41, 5.74) is -3.54. The van der Waals surface area contributed by atoms with Gasteiger partial charge >= 0.3 is 6.18 Å². The highest BCUT2D eigenvalue weighted by atomic mass is 19.4. The summed E-state index contributed by atoms with van der Waals surface area (Å²) in [6.45, 7) is 0. The lowest BCUT2D eigenvalue weighted by molar-refractivity contribution is -0.139. The Balaban J connectivity index is 3.61. The number of aromatic nitrogens is 1. The van der Waals surface area contributed by atoms with Gasteiger partial charge in [0.2, 0.25) is 0 Å². The van der Waals surface area contributed by atoms with Crippen LogP contribution < -0.4 is 4.74 Å². The topological polar surface area (TPSA) is 39.2 Å². The van der Waals surface area contributed by atoms with Crippen molar-refractivity contribution in [3.63, 3.8) is 0 Å². The van der Waals surface area contributed by atoms with Gasteiger partial charge in [0.05, 0.1) is 7.11 Å². The molecule has 94 valence electrons. The van der Waals surface area contributed by atoms with Crippen molar-refractivity contribution >= 4 is 6.29 Å². The summed E-state index contributed by atoms with van der Waals surface area (Å²) in [6, 6.07) is 0. The normalized spacial score (nSPS) is 11.7. The number of nitrogens with zero attached hydrogens (tertiary/aromatic N) is 1. The second kappa shape index (κ2) is 4.64. The number of aldehydes is 1. The fourth-order valence-corrected chi connectivity index (χ4v) is 1.27. The monoisotopic (exact) mass is 255 g/mol. The predicted molar refractivity (Wildman–Crippen MR) is 46.1 cm³/mol. The summed E-state index contributed by atoms with van der Waals surface area (Å²) >= 11 is 0. The van der Waals surface area contributed by atoms with Crippen molar-refractivity contribution in [2.75, 3.05) is 7.11 Å². The van der Waals surface area contributed by atoms with E-state index in [0.717, 1.165) is 7.11 Å². The summed E-state index contributed by atoms with van der Waals surface area (Å²) < 4.78 is 67.0. The smallest absolute Gasteiger partial charge is 0.420 e. The van der Waals surface area contributed by atoms with Crippen LogP contribution in [0.2, 0.25) is 0 Å². The van der Waals surface area contributed by atoms with Gasteiger partial charge in [-0.3, -0.25) is 9.78 Å². The van der Waals surface area contributed by atoms with Crippen LogP contribution in [0.15, 0.2) is 6.20 Å².